The molecular formula is C28H38N4O3. The molecule has 0 aromatic heterocycles. The number of anilines is 2. The molecule has 7 heteroatoms. The lowest BCUT2D eigenvalue weighted by Crippen LogP contribution is -2.44. The number of hydrogen-bond donors (Lipinski definition) is 1. The number of piperidine rings is 1. The Balaban J connectivity index is 1.41. The average Bonchev–Trinajstić information content (AvgIpc) is 3.73. The highest BCUT2D eigenvalue weighted by atomic mass is 16.5. The van der Waals surface area contributed by atoms with Gasteiger partial charge >= 0.3 is 0 Å². The maximum Gasteiger partial charge on any atom is 0.248 e. The molecule has 1 saturated carbocycles. The molecule has 1 amide bonds. The molecule has 35 heavy (non-hydrogen) atoms. The Morgan fingerprint density at radius 2 is 1.86 bits per heavy atom. The van der Waals surface area contributed by atoms with Gasteiger partial charge in [-0.05, 0) is 99.9 Å². The third-order valence-electron chi connectivity index (χ3n) is 6.75. The van der Waals surface area contributed by atoms with Gasteiger partial charge in [0.2, 0.25) is 5.91 Å². The topological polar surface area (TPSA) is 66.4 Å². The third-order valence-corrected chi connectivity index (χ3v) is 6.75. The third kappa shape index (κ3) is 6.68. The first-order chi connectivity index (χ1) is 17.1. The van der Waals surface area contributed by atoms with Gasteiger partial charge in [-0.3, -0.25) is 9.80 Å². The Morgan fingerprint density at radius 1 is 1.09 bits per heavy atom. The molecule has 188 valence electrons. The van der Waals surface area contributed by atoms with Crippen molar-refractivity contribution in [1.82, 2.24) is 5.01 Å². The zero-order valence-electron chi connectivity index (χ0n) is 21.2. The van der Waals surface area contributed by atoms with E-state index < -0.39 is 0 Å². The Kier molecular flexibility index (Phi) is 8.50. The Bertz CT molecular complexity index is 1000. The van der Waals surface area contributed by atoms with E-state index >= 15 is 0 Å². The fourth-order valence-corrected chi connectivity index (χ4v) is 4.41. The van der Waals surface area contributed by atoms with Gasteiger partial charge in [0.25, 0.3) is 0 Å². The van der Waals surface area contributed by atoms with Gasteiger partial charge < -0.3 is 19.7 Å². The lowest BCUT2D eigenvalue weighted by Gasteiger charge is -2.32. The van der Waals surface area contributed by atoms with Crippen molar-refractivity contribution in [2.45, 2.75) is 52.0 Å². The van der Waals surface area contributed by atoms with Crippen LogP contribution in [0.1, 0.15) is 51.5 Å². The molecule has 1 N–H and O–H groups in total. The number of ether oxygens (including phenoxy) is 2. The van der Waals surface area contributed by atoms with Gasteiger partial charge in [0.1, 0.15) is 6.04 Å². The van der Waals surface area contributed by atoms with Crippen molar-refractivity contribution in [3.63, 3.8) is 0 Å². The monoisotopic (exact) mass is 478 g/mol. The molecule has 1 aliphatic heterocycles. The van der Waals surface area contributed by atoms with Crippen LogP contribution in [-0.2, 0) is 4.79 Å². The summed E-state index contributed by atoms with van der Waals surface area (Å²) >= 11 is 0. The van der Waals surface area contributed by atoms with Gasteiger partial charge in [0.05, 0.1) is 19.9 Å². The molecule has 1 aliphatic carbocycles. The summed E-state index contributed by atoms with van der Waals surface area (Å²) in [6.45, 7) is 7.69. The van der Waals surface area contributed by atoms with E-state index in [0.29, 0.717) is 5.92 Å². The highest BCUT2D eigenvalue weighted by Crippen LogP contribution is 2.33. The minimum Gasteiger partial charge on any atom is -0.493 e. The van der Waals surface area contributed by atoms with Crippen LogP contribution in [0.2, 0.25) is 0 Å². The normalized spacial score (nSPS) is 17.9. The van der Waals surface area contributed by atoms with E-state index in [4.69, 9.17) is 14.6 Å². The quantitative estimate of drug-likeness (QED) is 0.452. The highest BCUT2D eigenvalue weighted by molar-refractivity contribution is 5.95. The summed E-state index contributed by atoms with van der Waals surface area (Å²) in [6.07, 6.45) is 7.13. The molecule has 1 saturated heterocycles. The van der Waals surface area contributed by atoms with E-state index in [2.05, 4.69) is 36.2 Å². The lowest BCUT2D eigenvalue weighted by atomic mass is 10.0. The molecule has 2 aromatic carbocycles. The summed E-state index contributed by atoms with van der Waals surface area (Å²) in [4.78, 5) is 15.4. The lowest BCUT2D eigenvalue weighted by molar-refractivity contribution is -0.122. The SMILES string of the molecule is CCN(CC)c1ccc(NC(=O)C2CCCCN2/N=C/c2ccc(OC)c(OCC3CC3)c2)cc1. The second-order valence-corrected chi connectivity index (χ2v) is 9.29. The number of methoxy groups -OCH3 is 1. The molecule has 2 fully saturated rings. The fraction of sp³-hybridized carbons (Fsp3) is 0.500. The van der Waals surface area contributed by atoms with Crippen LogP contribution in [0.25, 0.3) is 0 Å². The molecule has 1 unspecified atom stereocenters. The first-order valence-electron chi connectivity index (χ1n) is 12.9. The predicted octanol–water partition coefficient (Wildman–Crippen LogP) is 5.16. The number of benzene rings is 2. The zero-order valence-corrected chi connectivity index (χ0v) is 21.2. The molecule has 1 atom stereocenters. The predicted molar refractivity (Wildman–Crippen MR) is 142 cm³/mol. The van der Waals surface area contributed by atoms with Crippen LogP contribution in [0.4, 0.5) is 11.4 Å². The van der Waals surface area contributed by atoms with Crippen LogP contribution >= 0.6 is 0 Å². The smallest absolute Gasteiger partial charge is 0.248 e. The fourth-order valence-electron chi connectivity index (χ4n) is 4.41. The standard InChI is InChI=1S/C28H38N4O3/c1-4-31(5-2)24-14-12-23(13-15-24)30-28(33)25-8-6-7-17-32(25)29-19-22-11-16-26(34-3)27(18-22)35-20-21-9-10-21/h11-16,18-19,21,25H,4-10,17,20H2,1-3H3,(H,30,33)/b29-19+. The van der Waals surface area contributed by atoms with Crippen molar-refractivity contribution in [3.8, 4) is 11.5 Å². The van der Waals surface area contributed by atoms with Crippen molar-refractivity contribution < 1.29 is 14.3 Å². The molecule has 0 radical (unpaired) electrons. The van der Waals surface area contributed by atoms with E-state index in [-0.39, 0.29) is 11.9 Å². The molecule has 0 bridgehead atoms. The van der Waals surface area contributed by atoms with Crippen LogP contribution in [0.3, 0.4) is 0 Å². The second kappa shape index (κ2) is 12.0. The molecule has 2 aliphatic rings. The van der Waals surface area contributed by atoms with Gasteiger partial charge in [-0.15, -0.1) is 0 Å². The van der Waals surface area contributed by atoms with E-state index in [9.17, 15) is 4.79 Å². The van der Waals surface area contributed by atoms with E-state index in [1.165, 1.54) is 12.8 Å². The number of nitrogens with zero attached hydrogens (tertiary/aromatic N) is 3. The number of rotatable bonds is 11. The number of hydrazone groups is 1. The number of carbonyl (C=O) groups excluding carboxylic acids is 1. The maximum absolute atomic E-state index is 13.1. The molecule has 0 spiro atoms. The largest absolute Gasteiger partial charge is 0.493 e. The van der Waals surface area contributed by atoms with E-state index in [1.54, 1.807) is 7.11 Å². The first-order valence-corrected chi connectivity index (χ1v) is 12.9. The van der Waals surface area contributed by atoms with Crippen LogP contribution in [0.15, 0.2) is 47.6 Å². The van der Waals surface area contributed by atoms with Crippen molar-refractivity contribution in [3.05, 3.63) is 48.0 Å². The number of nitrogens with one attached hydrogen (secondary N) is 1. The highest BCUT2D eigenvalue weighted by Gasteiger charge is 2.28. The van der Waals surface area contributed by atoms with Crippen LogP contribution in [-0.4, -0.2) is 56.5 Å². The minimum atomic E-state index is -0.286. The van der Waals surface area contributed by atoms with Gasteiger partial charge in [0.15, 0.2) is 11.5 Å². The van der Waals surface area contributed by atoms with Gasteiger partial charge in [-0.1, -0.05) is 0 Å². The van der Waals surface area contributed by atoms with Crippen LogP contribution in [0.5, 0.6) is 11.5 Å². The molecular weight excluding hydrogens is 440 g/mol. The van der Waals surface area contributed by atoms with Gasteiger partial charge in [-0.2, -0.15) is 5.10 Å². The molecule has 2 aromatic rings. The second-order valence-electron chi connectivity index (χ2n) is 9.29. The number of carbonyl (C=O) groups is 1. The zero-order chi connectivity index (χ0) is 24.6. The summed E-state index contributed by atoms with van der Waals surface area (Å²) in [5.74, 6) is 2.12. The van der Waals surface area contributed by atoms with Crippen LogP contribution < -0.4 is 19.7 Å². The van der Waals surface area contributed by atoms with Crippen molar-refractivity contribution >= 4 is 23.5 Å². The number of amides is 1. The summed E-state index contributed by atoms with van der Waals surface area (Å²) in [6, 6.07) is 13.6. The van der Waals surface area contributed by atoms with Crippen molar-refractivity contribution in [2.75, 3.05) is 43.6 Å². The van der Waals surface area contributed by atoms with E-state index in [0.717, 1.165) is 73.9 Å². The Labute approximate surface area is 209 Å². The van der Waals surface area contributed by atoms with Gasteiger partial charge in [0, 0.05) is 31.0 Å². The first kappa shape index (κ1) is 24.9. The summed E-state index contributed by atoms with van der Waals surface area (Å²) in [5.41, 5.74) is 2.90. The molecule has 4 rings (SSSR count). The molecule has 7 nitrogen and oxygen atoms in total. The average molecular weight is 479 g/mol. The van der Waals surface area contributed by atoms with Crippen LogP contribution in [0, 0.1) is 5.92 Å². The Hall–Kier alpha value is -3.22. The van der Waals surface area contributed by atoms with Crippen molar-refractivity contribution in [2.24, 2.45) is 11.0 Å². The summed E-state index contributed by atoms with van der Waals surface area (Å²) < 4.78 is 11.4. The summed E-state index contributed by atoms with van der Waals surface area (Å²) in [5, 5.41) is 9.71. The van der Waals surface area contributed by atoms with Crippen molar-refractivity contribution in [1.29, 1.82) is 0 Å². The maximum atomic E-state index is 13.1. The van der Waals surface area contributed by atoms with Gasteiger partial charge in [-0.25, -0.2) is 0 Å². The minimum absolute atomic E-state index is 0.0133. The summed E-state index contributed by atoms with van der Waals surface area (Å²) in [7, 11) is 1.65. The number of hydrogen-bond acceptors (Lipinski definition) is 6. The Morgan fingerprint density at radius 3 is 2.54 bits per heavy atom. The van der Waals surface area contributed by atoms with E-state index in [1.807, 2.05) is 41.6 Å². The molecule has 1 heterocycles.